The monoisotopic (exact) mass is 239 g/mol. The van der Waals surface area contributed by atoms with Crippen LogP contribution in [0.4, 0.5) is 0 Å². The third-order valence-corrected chi connectivity index (χ3v) is 3.82. The van der Waals surface area contributed by atoms with Crippen LogP contribution < -0.4 is 5.32 Å². The Labute approximate surface area is 105 Å². The van der Waals surface area contributed by atoms with Gasteiger partial charge in [-0.25, -0.2) is 0 Å². The molecule has 1 heterocycles. The van der Waals surface area contributed by atoms with Crippen molar-refractivity contribution in [3.05, 3.63) is 0 Å². The fourth-order valence-electron chi connectivity index (χ4n) is 2.26. The van der Waals surface area contributed by atoms with E-state index in [4.69, 9.17) is 10.00 Å². The quantitative estimate of drug-likeness (QED) is 0.761. The zero-order chi connectivity index (χ0) is 12.7. The van der Waals surface area contributed by atoms with E-state index >= 15 is 0 Å². The molecule has 0 aromatic heterocycles. The summed E-state index contributed by atoms with van der Waals surface area (Å²) < 4.78 is 5.35. The molecule has 0 amide bonds. The third kappa shape index (κ3) is 4.63. The fraction of sp³-hybridized carbons (Fsp3) is 0.923. The Morgan fingerprint density at radius 2 is 2.12 bits per heavy atom. The zero-order valence-electron chi connectivity index (χ0n) is 11.3. The lowest BCUT2D eigenvalue weighted by atomic mass is 9.97. The molecular formula is C13H25N3O. The summed E-state index contributed by atoms with van der Waals surface area (Å²) in [4.78, 5) is 2.48. The zero-order valence-corrected chi connectivity index (χ0v) is 11.3. The molecule has 0 radical (unpaired) electrons. The van der Waals surface area contributed by atoms with Gasteiger partial charge in [0.05, 0.1) is 12.2 Å². The van der Waals surface area contributed by atoms with Gasteiger partial charge >= 0.3 is 0 Å². The third-order valence-electron chi connectivity index (χ3n) is 3.82. The maximum atomic E-state index is 9.05. The molecule has 1 aliphatic rings. The predicted octanol–water partition coefficient (Wildman–Crippen LogP) is 1.38. The number of nitrogens with one attached hydrogen (secondary N) is 1. The Hall–Kier alpha value is -0.630. The topological polar surface area (TPSA) is 48.3 Å². The molecular weight excluding hydrogens is 214 g/mol. The van der Waals surface area contributed by atoms with Crippen LogP contribution in [0.1, 0.15) is 32.6 Å². The van der Waals surface area contributed by atoms with E-state index in [1.807, 2.05) is 14.0 Å². The first-order valence-electron chi connectivity index (χ1n) is 6.49. The summed E-state index contributed by atoms with van der Waals surface area (Å²) >= 11 is 0. The standard InChI is InChI=1S/C13H25N3O/c1-13(11-14,15-2)7-4-8-16-9-5-12(17-3)6-10-16/h12,15H,4-10H2,1-3H3. The van der Waals surface area contributed by atoms with E-state index in [1.165, 1.54) is 0 Å². The highest BCUT2D eigenvalue weighted by Gasteiger charge is 2.22. The molecule has 1 atom stereocenters. The second-order valence-corrected chi connectivity index (χ2v) is 5.07. The minimum atomic E-state index is -0.370. The maximum Gasteiger partial charge on any atom is 0.103 e. The SMILES string of the molecule is CNC(C)(C#N)CCCN1CCC(OC)CC1. The van der Waals surface area contributed by atoms with Crippen molar-refractivity contribution in [1.29, 1.82) is 5.26 Å². The molecule has 1 aliphatic heterocycles. The van der Waals surface area contributed by atoms with Crippen LogP contribution in [0.5, 0.6) is 0 Å². The summed E-state index contributed by atoms with van der Waals surface area (Å²) in [7, 11) is 3.65. The first kappa shape index (κ1) is 14.4. The van der Waals surface area contributed by atoms with Crippen LogP contribution in [-0.4, -0.2) is 50.3 Å². The van der Waals surface area contributed by atoms with E-state index in [2.05, 4.69) is 16.3 Å². The lowest BCUT2D eigenvalue weighted by Crippen LogP contribution is -2.40. The molecule has 4 heteroatoms. The Morgan fingerprint density at radius 3 is 2.59 bits per heavy atom. The minimum absolute atomic E-state index is 0.370. The fourth-order valence-corrected chi connectivity index (χ4v) is 2.26. The number of hydrogen-bond donors (Lipinski definition) is 1. The number of ether oxygens (including phenoxy) is 1. The van der Waals surface area contributed by atoms with Gasteiger partial charge in [0.2, 0.25) is 0 Å². The summed E-state index contributed by atoms with van der Waals surface area (Å²) in [5, 5.41) is 12.1. The number of methoxy groups -OCH3 is 1. The number of piperidine rings is 1. The molecule has 0 aromatic rings. The van der Waals surface area contributed by atoms with Gasteiger partial charge in [0.15, 0.2) is 0 Å². The van der Waals surface area contributed by atoms with Crippen molar-refractivity contribution in [3.63, 3.8) is 0 Å². The molecule has 1 fully saturated rings. The van der Waals surface area contributed by atoms with E-state index in [9.17, 15) is 0 Å². The Bertz CT molecular complexity index is 256. The summed E-state index contributed by atoms with van der Waals surface area (Å²) in [6.07, 6.45) is 4.70. The minimum Gasteiger partial charge on any atom is -0.381 e. The van der Waals surface area contributed by atoms with Gasteiger partial charge in [0.1, 0.15) is 5.54 Å². The number of nitriles is 1. The average molecular weight is 239 g/mol. The van der Waals surface area contributed by atoms with Gasteiger partial charge in [-0.15, -0.1) is 0 Å². The molecule has 0 aromatic carbocycles. The highest BCUT2D eigenvalue weighted by Crippen LogP contribution is 2.15. The summed E-state index contributed by atoms with van der Waals surface area (Å²) in [6, 6.07) is 2.33. The average Bonchev–Trinajstić information content (AvgIpc) is 2.39. The van der Waals surface area contributed by atoms with Gasteiger partial charge in [0, 0.05) is 20.2 Å². The van der Waals surface area contributed by atoms with Crippen LogP contribution in [0.2, 0.25) is 0 Å². The molecule has 1 rings (SSSR count). The summed E-state index contributed by atoms with van der Waals surface area (Å²) in [5.41, 5.74) is -0.370. The second kappa shape index (κ2) is 6.95. The number of nitrogens with zero attached hydrogens (tertiary/aromatic N) is 2. The van der Waals surface area contributed by atoms with Gasteiger partial charge in [-0.3, -0.25) is 0 Å². The molecule has 0 bridgehead atoms. The number of rotatable bonds is 6. The normalized spacial score (nSPS) is 22.0. The van der Waals surface area contributed by atoms with Crippen molar-refractivity contribution in [3.8, 4) is 6.07 Å². The van der Waals surface area contributed by atoms with Crippen molar-refractivity contribution < 1.29 is 4.74 Å². The van der Waals surface area contributed by atoms with Gasteiger partial charge in [-0.2, -0.15) is 5.26 Å². The van der Waals surface area contributed by atoms with E-state index in [-0.39, 0.29) is 5.54 Å². The van der Waals surface area contributed by atoms with Crippen molar-refractivity contribution in [2.45, 2.75) is 44.2 Å². The Balaban J connectivity index is 2.18. The number of likely N-dealkylation sites (tertiary alicyclic amines) is 1. The van der Waals surface area contributed by atoms with Crippen molar-refractivity contribution in [2.24, 2.45) is 0 Å². The highest BCUT2D eigenvalue weighted by molar-refractivity contribution is 5.02. The van der Waals surface area contributed by atoms with Crippen molar-refractivity contribution >= 4 is 0 Å². The lowest BCUT2D eigenvalue weighted by Gasteiger charge is -2.31. The van der Waals surface area contributed by atoms with Gasteiger partial charge in [0.25, 0.3) is 0 Å². The summed E-state index contributed by atoms with van der Waals surface area (Å²) in [6.45, 7) is 5.31. The molecule has 0 aliphatic carbocycles. The highest BCUT2D eigenvalue weighted by atomic mass is 16.5. The number of hydrogen-bond acceptors (Lipinski definition) is 4. The second-order valence-electron chi connectivity index (χ2n) is 5.07. The first-order chi connectivity index (χ1) is 8.13. The molecule has 4 nitrogen and oxygen atoms in total. The van der Waals surface area contributed by atoms with E-state index in [0.717, 1.165) is 45.3 Å². The van der Waals surface area contributed by atoms with Crippen molar-refractivity contribution in [2.75, 3.05) is 33.8 Å². The Kier molecular flexibility index (Phi) is 5.90. The van der Waals surface area contributed by atoms with Crippen LogP contribution >= 0.6 is 0 Å². The smallest absolute Gasteiger partial charge is 0.103 e. The van der Waals surface area contributed by atoms with E-state index in [1.54, 1.807) is 7.11 Å². The largest absolute Gasteiger partial charge is 0.381 e. The van der Waals surface area contributed by atoms with Gasteiger partial charge in [-0.1, -0.05) is 0 Å². The Morgan fingerprint density at radius 1 is 1.47 bits per heavy atom. The van der Waals surface area contributed by atoms with Crippen molar-refractivity contribution in [1.82, 2.24) is 10.2 Å². The molecule has 1 N–H and O–H groups in total. The molecule has 1 unspecified atom stereocenters. The molecule has 98 valence electrons. The van der Waals surface area contributed by atoms with E-state index in [0.29, 0.717) is 6.10 Å². The molecule has 0 spiro atoms. The molecule has 0 saturated carbocycles. The van der Waals surface area contributed by atoms with Crippen LogP contribution in [0.15, 0.2) is 0 Å². The first-order valence-corrected chi connectivity index (χ1v) is 6.49. The molecule has 17 heavy (non-hydrogen) atoms. The van der Waals surface area contributed by atoms with Crippen LogP contribution in [-0.2, 0) is 4.74 Å². The maximum absolute atomic E-state index is 9.05. The van der Waals surface area contributed by atoms with Crippen LogP contribution in [0.3, 0.4) is 0 Å². The summed E-state index contributed by atoms with van der Waals surface area (Å²) in [5.74, 6) is 0. The van der Waals surface area contributed by atoms with Gasteiger partial charge in [-0.05, 0) is 46.2 Å². The van der Waals surface area contributed by atoms with Crippen LogP contribution in [0.25, 0.3) is 0 Å². The lowest BCUT2D eigenvalue weighted by molar-refractivity contribution is 0.0404. The predicted molar refractivity (Wildman–Crippen MR) is 68.8 cm³/mol. The van der Waals surface area contributed by atoms with Crippen LogP contribution in [0, 0.1) is 11.3 Å². The van der Waals surface area contributed by atoms with E-state index < -0.39 is 0 Å². The van der Waals surface area contributed by atoms with Gasteiger partial charge < -0.3 is 15.0 Å². The molecule has 1 saturated heterocycles.